The average molecular weight is 215 g/mol. The highest BCUT2D eigenvalue weighted by Crippen LogP contribution is 2.26. The summed E-state index contributed by atoms with van der Waals surface area (Å²) in [5, 5.41) is 0. The number of rotatable bonds is 3. The molecule has 0 unspecified atom stereocenters. The molecule has 82 valence electrons. The van der Waals surface area contributed by atoms with E-state index in [1.165, 1.54) is 0 Å². The Hall–Kier alpha value is -2.10. The van der Waals surface area contributed by atoms with Gasteiger partial charge in [0.1, 0.15) is 5.75 Å². The molecule has 0 fully saturated rings. The maximum absolute atomic E-state index is 5.87. The van der Waals surface area contributed by atoms with Crippen molar-refractivity contribution in [3.63, 3.8) is 0 Å². The third kappa shape index (κ3) is 2.11. The fourth-order valence-electron chi connectivity index (χ4n) is 1.46. The van der Waals surface area contributed by atoms with Gasteiger partial charge in [0.25, 0.3) is 0 Å². The highest BCUT2D eigenvalue weighted by Gasteiger charge is 2.04. The third-order valence-electron chi connectivity index (χ3n) is 2.19. The molecule has 0 spiro atoms. The number of hydrogen-bond donors (Lipinski definition) is 1. The van der Waals surface area contributed by atoms with Crippen LogP contribution in [0, 0.1) is 0 Å². The molecule has 0 atom stereocenters. The minimum absolute atomic E-state index is 0.619. The molecule has 0 amide bonds. The van der Waals surface area contributed by atoms with Crippen molar-refractivity contribution in [2.24, 2.45) is 0 Å². The van der Waals surface area contributed by atoms with Crippen LogP contribution in [0.2, 0.25) is 0 Å². The number of nitrogen functional groups attached to an aromatic ring is 1. The fraction of sp³-hybridized carbons (Fsp3) is 0.167. The summed E-state index contributed by atoms with van der Waals surface area (Å²) in [6, 6.07) is 3.67. The van der Waals surface area contributed by atoms with Gasteiger partial charge in [0.2, 0.25) is 0 Å². The van der Waals surface area contributed by atoms with Gasteiger partial charge >= 0.3 is 0 Å². The molecule has 0 radical (unpaired) electrons. The maximum Gasteiger partial charge on any atom is 0.138 e. The van der Waals surface area contributed by atoms with E-state index in [-0.39, 0.29) is 0 Å². The van der Waals surface area contributed by atoms with Gasteiger partial charge in [0.05, 0.1) is 12.8 Å². The summed E-state index contributed by atoms with van der Waals surface area (Å²) in [7, 11) is 0. The van der Waals surface area contributed by atoms with Crippen molar-refractivity contribution in [2.75, 3.05) is 12.3 Å². The molecule has 2 rings (SSSR count). The Bertz CT molecular complexity index is 485. The second kappa shape index (κ2) is 4.61. The van der Waals surface area contributed by atoms with Crippen LogP contribution in [-0.4, -0.2) is 16.6 Å². The standard InChI is InChI=1S/C12H13N3O/c1-2-16-10-5-9(6-15-7-10)11-8-14-4-3-12(11)13/h3-8H,2H2,1H3,(H2,13,14). The molecule has 0 aromatic carbocycles. The minimum Gasteiger partial charge on any atom is -0.492 e. The van der Waals surface area contributed by atoms with Crippen molar-refractivity contribution in [3.05, 3.63) is 36.9 Å². The minimum atomic E-state index is 0.619. The number of nitrogens with two attached hydrogens (primary N) is 1. The molecule has 4 nitrogen and oxygen atoms in total. The van der Waals surface area contributed by atoms with E-state index in [0.29, 0.717) is 12.3 Å². The molecule has 0 aliphatic rings. The van der Waals surface area contributed by atoms with Crippen LogP contribution in [0.1, 0.15) is 6.92 Å². The quantitative estimate of drug-likeness (QED) is 0.851. The van der Waals surface area contributed by atoms with Gasteiger partial charge in [0.15, 0.2) is 0 Å². The van der Waals surface area contributed by atoms with E-state index in [2.05, 4.69) is 9.97 Å². The number of pyridine rings is 2. The van der Waals surface area contributed by atoms with Crippen LogP contribution in [0.3, 0.4) is 0 Å². The zero-order valence-electron chi connectivity index (χ0n) is 9.05. The van der Waals surface area contributed by atoms with E-state index in [9.17, 15) is 0 Å². The second-order valence-electron chi connectivity index (χ2n) is 3.31. The first kappa shape index (κ1) is 10.4. The van der Waals surface area contributed by atoms with Gasteiger partial charge < -0.3 is 10.5 Å². The molecule has 4 heteroatoms. The lowest BCUT2D eigenvalue weighted by atomic mass is 10.1. The van der Waals surface area contributed by atoms with Crippen molar-refractivity contribution in [2.45, 2.75) is 6.92 Å². The Balaban J connectivity index is 2.40. The summed E-state index contributed by atoms with van der Waals surface area (Å²) in [5.41, 5.74) is 8.34. The molecule has 0 saturated heterocycles. The molecule has 16 heavy (non-hydrogen) atoms. The summed E-state index contributed by atoms with van der Waals surface area (Å²) in [6.07, 6.45) is 6.82. The number of anilines is 1. The number of aromatic nitrogens is 2. The molecule has 2 N–H and O–H groups in total. The van der Waals surface area contributed by atoms with Crippen molar-refractivity contribution in [1.29, 1.82) is 0 Å². The molecule has 2 heterocycles. The number of nitrogens with zero attached hydrogens (tertiary/aromatic N) is 2. The predicted molar refractivity (Wildman–Crippen MR) is 63.0 cm³/mol. The Morgan fingerprint density at radius 1 is 1.25 bits per heavy atom. The third-order valence-corrected chi connectivity index (χ3v) is 2.19. The molecule has 2 aromatic rings. The van der Waals surface area contributed by atoms with Crippen LogP contribution < -0.4 is 10.5 Å². The van der Waals surface area contributed by atoms with Gasteiger partial charge in [-0.25, -0.2) is 0 Å². The first-order valence-electron chi connectivity index (χ1n) is 5.09. The summed E-state index contributed by atoms with van der Waals surface area (Å²) >= 11 is 0. The van der Waals surface area contributed by atoms with E-state index >= 15 is 0 Å². The zero-order chi connectivity index (χ0) is 11.4. The van der Waals surface area contributed by atoms with Gasteiger partial charge in [-0.2, -0.15) is 0 Å². The lowest BCUT2D eigenvalue weighted by Gasteiger charge is -2.07. The van der Waals surface area contributed by atoms with Gasteiger partial charge in [-0.3, -0.25) is 9.97 Å². The van der Waals surface area contributed by atoms with Crippen LogP contribution in [-0.2, 0) is 0 Å². The molecule has 0 bridgehead atoms. The van der Waals surface area contributed by atoms with Gasteiger partial charge in [-0.15, -0.1) is 0 Å². The van der Waals surface area contributed by atoms with Crippen LogP contribution in [0.4, 0.5) is 5.69 Å². The monoisotopic (exact) mass is 215 g/mol. The highest BCUT2D eigenvalue weighted by molar-refractivity contribution is 5.75. The number of hydrogen-bond acceptors (Lipinski definition) is 4. The molecule has 2 aromatic heterocycles. The zero-order valence-corrected chi connectivity index (χ0v) is 9.05. The van der Waals surface area contributed by atoms with Crippen LogP contribution >= 0.6 is 0 Å². The average Bonchev–Trinajstić information content (AvgIpc) is 2.30. The Morgan fingerprint density at radius 3 is 2.88 bits per heavy atom. The Kier molecular flexibility index (Phi) is 3.00. The summed E-state index contributed by atoms with van der Waals surface area (Å²) < 4.78 is 5.38. The van der Waals surface area contributed by atoms with Crippen LogP contribution in [0.5, 0.6) is 5.75 Å². The predicted octanol–water partition coefficient (Wildman–Crippen LogP) is 2.12. The molecule has 0 aliphatic heterocycles. The van der Waals surface area contributed by atoms with Crippen molar-refractivity contribution in [1.82, 2.24) is 9.97 Å². The van der Waals surface area contributed by atoms with E-state index in [4.69, 9.17) is 10.5 Å². The maximum atomic E-state index is 5.87. The summed E-state index contributed by atoms with van der Waals surface area (Å²) in [4.78, 5) is 8.16. The van der Waals surface area contributed by atoms with E-state index in [1.807, 2.05) is 13.0 Å². The van der Waals surface area contributed by atoms with E-state index in [1.54, 1.807) is 30.9 Å². The molecular formula is C12H13N3O. The second-order valence-corrected chi connectivity index (χ2v) is 3.31. The summed E-state index contributed by atoms with van der Waals surface area (Å²) in [5.74, 6) is 0.739. The SMILES string of the molecule is CCOc1cncc(-c2cnccc2N)c1. The lowest BCUT2D eigenvalue weighted by molar-refractivity contribution is 0.339. The van der Waals surface area contributed by atoms with Crippen molar-refractivity contribution < 1.29 is 4.74 Å². The van der Waals surface area contributed by atoms with Gasteiger partial charge in [-0.05, 0) is 19.1 Å². The molecule has 0 aliphatic carbocycles. The van der Waals surface area contributed by atoms with E-state index < -0.39 is 0 Å². The van der Waals surface area contributed by atoms with E-state index in [0.717, 1.165) is 16.9 Å². The van der Waals surface area contributed by atoms with Crippen LogP contribution in [0.25, 0.3) is 11.1 Å². The van der Waals surface area contributed by atoms with Crippen molar-refractivity contribution in [3.8, 4) is 16.9 Å². The fourth-order valence-corrected chi connectivity index (χ4v) is 1.46. The molecule has 0 saturated carbocycles. The van der Waals surface area contributed by atoms with Crippen molar-refractivity contribution >= 4 is 5.69 Å². The summed E-state index contributed by atoms with van der Waals surface area (Å²) in [6.45, 7) is 2.55. The highest BCUT2D eigenvalue weighted by atomic mass is 16.5. The van der Waals surface area contributed by atoms with Gasteiger partial charge in [-0.1, -0.05) is 0 Å². The van der Waals surface area contributed by atoms with Crippen LogP contribution in [0.15, 0.2) is 36.9 Å². The Labute approximate surface area is 94.1 Å². The normalized spacial score (nSPS) is 10.1. The first-order chi connectivity index (χ1) is 7.81. The molecular weight excluding hydrogens is 202 g/mol. The van der Waals surface area contributed by atoms with Gasteiger partial charge in [0, 0.05) is 35.4 Å². The topological polar surface area (TPSA) is 61.0 Å². The number of ether oxygens (including phenoxy) is 1. The largest absolute Gasteiger partial charge is 0.492 e. The first-order valence-corrected chi connectivity index (χ1v) is 5.09. The lowest BCUT2D eigenvalue weighted by Crippen LogP contribution is -1.94. The smallest absolute Gasteiger partial charge is 0.138 e. The Morgan fingerprint density at radius 2 is 2.12 bits per heavy atom.